The van der Waals surface area contributed by atoms with E-state index in [9.17, 15) is 4.79 Å². The monoisotopic (exact) mass is 189 g/mol. The molecule has 2 saturated heterocycles. The van der Waals surface area contributed by atoms with Crippen LogP contribution in [0.15, 0.2) is 0 Å². The first-order valence-corrected chi connectivity index (χ1v) is 4.86. The minimum absolute atomic E-state index is 0.146. The molecular weight excluding hydrogens is 176 g/mol. The summed E-state index contributed by atoms with van der Waals surface area (Å²) in [5.41, 5.74) is 5.35. The zero-order chi connectivity index (χ0) is 10.3. The topological polar surface area (TPSA) is 49.6 Å². The highest BCUT2D eigenvalue weighted by Gasteiger charge is 2.42. The molecule has 2 aliphatic heterocycles. The number of carbonyl (C=O) groups is 1. The second-order valence-electron chi connectivity index (χ2n) is 4.34. The molecule has 0 aromatic heterocycles. The third kappa shape index (κ3) is 1.68. The van der Waals surface area contributed by atoms with Gasteiger partial charge in [0.15, 0.2) is 16.0 Å². The van der Waals surface area contributed by atoms with Gasteiger partial charge in [0, 0.05) is 0 Å². The molecule has 0 saturated carbocycles. The van der Waals surface area contributed by atoms with Crippen molar-refractivity contribution >= 4 is 21.9 Å². The summed E-state index contributed by atoms with van der Waals surface area (Å²) < 4.78 is 0. The lowest BCUT2D eigenvalue weighted by atomic mass is 9.78. The highest BCUT2D eigenvalue weighted by molar-refractivity contribution is 6.05. The molecule has 72 valence electrons. The Hall–Kier alpha value is -0.480. The van der Waals surface area contributed by atoms with Gasteiger partial charge in [-0.15, -0.1) is 0 Å². The highest BCUT2D eigenvalue weighted by atomic mass is 16.1. The van der Waals surface area contributed by atoms with Crippen molar-refractivity contribution in [1.29, 1.82) is 0 Å². The first-order chi connectivity index (χ1) is 6.58. The number of hydrogen-bond acceptors (Lipinski definition) is 3. The second-order valence-corrected chi connectivity index (χ2v) is 4.34. The van der Waals surface area contributed by atoms with Crippen molar-refractivity contribution in [3.63, 3.8) is 0 Å². The van der Waals surface area contributed by atoms with Crippen LogP contribution in [-0.4, -0.2) is 57.7 Å². The third-order valence-electron chi connectivity index (χ3n) is 3.30. The Bertz CT molecular complexity index is 251. The van der Waals surface area contributed by atoms with Gasteiger partial charge in [0.2, 0.25) is 5.91 Å². The molecule has 4 nitrogen and oxygen atoms in total. The number of amides is 1. The number of carbonyl (C=O) groups excluding carboxylic acids is 1. The van der Waals surface area contributed by atoms with Crippen molar-refractivity contribution in [3.8, 4) is 0 Å². The first kappa shape index (κ1) is 10.1. The largest absolute Gasteiger partial charge is 0.369 e. The Kier molecular flexibility index (Phi) is 2.58. The summed E-state index contributed by atoms with van der Waals surface area (Å²) in [6.45, 7) is 2.93. The quantitative estimate of drug-likeness (QED) is 0.491. The maximum absolute atomic E-state index is 11.2. The summed E-state index contributed by atoms with van der Waals surface area (Å²) in [5, 5.41) is 0. The van der Waals surface area contributed by atoms with Gasteiger partial charge in [-0.2, -0.15) is 0 Å². The van der Waals surface area contributed by atoms with Crippen LogP contribution in [0.5, 0.6) is 0 Å². The minimum Gasteiger partial charge on any atom is -0.369 e. The van der Waals surface area contributed by atoms with Gasteiger partial charge in [0.1, 0.15) is 0 Å². The Balaban J connectivity index is 2.13. The number of primary amides is 1. The predicted molar refractivity (Wildman–Crippen MR) is 54.3 cm³/mol. The SMILES string of the molecule is [B]N1CC2CN([B])CC2C(C(N)=O)C1. The molecule has 3 atom stereocenters. The van der Waals surface area contributed by atoms with E-state index in [4.69, 9.17) is 21.7 Å². The molecule has 2 rings (SSSR count). The summed E-state index contributed by atoms with van der Waals surface area (Å²) in [5.74, 6) is 0.270. The van der Waals surface area contributed by atoms with Crippen LogP contribution in [0.1, 0.15) is 0 Å². The molecule has 1 amide bonds. The maximum Gasteiger partial charge on any atom is 0.222 e. The van der Waals surface area contributed by atoms with Gasteiger partial charge in [-0.1, -0.05) is 0 Å². The van der Waals surface area contributed by atoms with Crippen LogP contribution in [-0.2, 0) is 4.79 Å². The smallest absolute Gasteiger partial charge is 0.222 e. The average Bonchev–Trinajstić information content (AvgIpc) is 2.42. The lowest BCUT2D eigenvalue weighted by Crippen LogP contribution is -2.49. The molecule has 14 heavy (non-hydrogen) atoms. The Morgan fingerprint density at radius 1 is 1.14 bits per heavy atom. The molecule has 0 aromatic carbocycles. The van der Waals surface area contributed by atoms with E-state index in [1.807, 2.05) is 0 Å². The number of nitrogens with two attached hydrogens (primary N) is 1. The Morgan fingerprint density at radius 2 is 1.71 bits per heavy atom. The van der Waals surface area contributed by atoms with E-state index in [0.717, 1.165) is 19.6 Å². The van der Waals surface area contributed by atoms with E-state index in [1.165, 1.54) is 0 Å². The molecule has 6 heteroatoms. The minimum atomic E-state index is -0.259. The van der Waals surface area contributed by atoms with Gasteiger partial charge in [-0.25, -0.2) is 0 Å². The lowest BCUT2D eigenvalue weighted by molar-refractivity contribution is -0.125. The molecule has 4 radical (unpaired) electrons. The van der Waals surface area contributed by atoms with Crippen LogP contribution in [0.2, 0.25) is 0 Å². The van der Waals surface area contributed by atoms with Gasteiger partial charge >= 0.3 is 0 Å². The number of hydrogen-bond donors (Lipinski definition) is 1. The van der Waals surface area contributed by atoms with Crippen LogP contribution in [0.25, 0.3) is 0 Å². The molecule has 0 aromatic rings. The number of nitrogens with zero attached hydrogens (tertiary/aromatic N) is 2. The summed E-state index contributed by atoms with van der Waals surface area (Å²) in [6, 6.07) is 0. The fraction of sp³-hybridized carbons (Fsp3) is 0.875. The van der Waals surface area contributed by atoms with Crippen molar-refractivity contribution in [2.24, 2.45) is 23.5 Å². The van der Waals surface area contributed by atoms with Crippen molar-refractivity contribution in [2.75, 3.05) is 26.2 Å². The van der Waals surface area contributed by atoms with E-state index >= 15 is 0 Å². The maximum atomic E-state index is 11.2. The third-order valence-corrected chi connectivity index (χ3v) is 3.30. The molecule has 3 unspecified atom stereocenters. The molecule has 2 heterocycles. The molecule has 2 aliphatic rings. The fourth-order valence-electron chi connectivity index (χ4n) is 2.64. The number of rotatable bonds is 1. The van der Waals surface area contributed by atoms with Gasteiger partial charge in [-0.3, -0.25) is 4.79 Å². The van der Waals surface area contributed by atoms with Crippen molar-refractivity contribution in [3.05, 3.63) is 0 Å². The summed E-state index contributed by atoms with van der Waals surface area (Å²) >= 11 is 0. The molecule has 2 fully saturated rings. The van der Waals surface area contributed by atoms with E-state index in [-0.39, 0.29) is 17.7 Å². The highest BCUT2D eigenvalue weighted by Crippen LogP contribution is 2.33. The molecule has 0 aliphatic carbocycles. The first-order valence-electron chi connectivity index (χ1n) is 4.86. The van der Waals surface area contributed by atoms with Gasteiger partial charge in [-0.05, 0) is 38.0 Å². The lowest BCUT2D eigenvalue weighted by Gasteiger charge is -2.37. The fourth-order valence-corrected chi connectivity index (χ4v) is 2.64. The Labute approximate surface area is 86.7 Å². The molecule has 0 spiro atoms. The zero-order valence-electron chi connectivity index (χ0n) is 8.10. The van der Waals surface area contributed by atoms with Crippen LogP contribution < -0.4 is 5.73 Å². The van der Waals surface area contributed by atoms with Crippen molar-refractivity contribution in [2.45, 2.75) is 0 Å². The van der Waals surface area contributed by atoms with Gasteiger partial charge < -0.3 is 15.4 Å². The van der Waals surface area contributed by atoms with Crippen LogP contribution >= 0.6 is 0 Å². The number of piperidine rings is 1. The number of fused-ring (bicyclic) bond motifs is 1. The van der Waals surface area contributed by atoms with E-state index in [2.05, 4.69) is 0 Å². The van der Waals surface area contributed by atoms with Crippen molar-refractivity contribution in [1.82, 2.24) is 9.62 Å². The van der Waals surface area contributed by atoms with Gasteiger partial charge in [0.05, 0.1) is 5.92 Å². The second kappa shape index (κ2) is 3.59. The summed E-state index contributed by atoms with van der Waals surface area (Å²) in [7, 11) is 11.5. The van der Waals surface area contributed by atoms with E-state index in [1.54, 1.807) is 9.62 Å². The van der Waals surface area contributed by atoms with Crippen molar-refractivity contribution < 1.29 is 4.79 Å². The molecule has 0 bridgehead atoms. The molecule has 2 N–H and O–H groups in total. The van der Waals surface area contributed by atoms with E-state index in [0.29, 0.717) is 12.5 Å². The van der Waals surface area contributed by atoms with Crippen LogP contribution in [0, 0.1) is 17.8 Å². The zero-order valence-corrected chi connectivity index (χ0v) is 8.10. The average molecular weight is 189 g/mol. The molecular formula is C8H13B2N3O. The standard InChI is InChI=1S/C8H13B2N3O/c9-12-1-5-2-13(10)4-7(8(11)14)6(5)3-12/h5-7H,1-4H2,(H2,11,14). The van der Waals surface area contributed by atoms with Crippen LogP contribution in [0.4, 0.5) is 0 Å². The Morgan fingerprint density at radius 3 is 2.29 bits per heavy atom. The van der Waals surface area contributed by atoms with E-state index < -0.39 is 0 Å². The summed E-state index contributed by atoms with van der Waals surface area (Å²) in [6.07, 6.45) is 0. The van der Waals surface area contributed by atoms with Crippen LogP contribution in [0.3, 0.4) is 0 Å². The van der Waals surface area contributed by atoms with Gasteiger partial charge in [0.25, 0.3) is 0 Å². The normalized spacial score (nSPS) is 39.6. The predicted octanol–water partition coefficient (Wildman–Crippen LogP) is -1.88. The summed E-state index contributed by atoms with van der Waals surface area (Å²) in [4.78, 5) is 14.7.